The highest BCUT2D eigenvalue weighted by atomic mass is 32.2. The Kier molecular flexibility index (Phi) is 5.79. The average Bonchev–Trinajstić information content (AvgIpc) is 2.89. The predicted octanol–water partition coefficient (Wildman–Crippen LogP) is 5.18. The zero-order valence-corrected chi connectivity index (χ0v) is 19.2. The summed E-state index contributed by atoms with van der Waals surface area (Å²) in [7, 11) is -3.64. The van der Waals surface area contributed by atoms with E-state index in [1.54, 1.807) is 16.4 Å². The number of fused-ring (bicyclic) bond motifs is 1. The summed E-state index contributed by atoms with van der Waals surface area (Å²) in [5, 5.41) is 13.7. The van der Waals surface area contributed by atoms with Crippen LogP contribution in [0, 0.1) is 5.92 Å². The molecule has 168 valence electrons. The van der Waals surface area contributed by atoms with E-state index in [4.69, 9.17) is 0 Å². The average molecular weight is 458 g/mol. The lowest BCUT2D eigenvalue weighted by Crippen LogP contribution is -2.46. The van der Waals surface area contributed by atoms with E-state index >= 15 is 0 Å². The van der Waals surface area contributed by atoms with Gasteiger partial charge in [0.25, 0.3) is 0 Å². The van der Waals surface area contributed by atoms with Crippen LogP contribution in [0.4, 0.5) is 0 Å². The van der Waals surface area contributed by atoms with E-state index in [2.05, 4.69) is 0 Å². The van der Waals surface area contributed by atoms with Crippen LogP contribution in [0.5, 0.6) is 0 Å². The van der Waals surface area contributed by atoms with Crippen LogP contribution in [0.15, 0.2) is 108 Å². The molecule has 4 aromatic carbocycles. The molecule has 0 aromatic heterocycles. The standard InChI is InChI=1S/C28H27NO3S/c30-28(23-12-3-1-4-13-23,24-14-5-2-6-15-24)25-18-20-29(21-19-25)33(31,32)27-17-9-11-22-10-7-8-16-26(22)27/h1-17,25,30H,18-21H2. The molecule has 5 heteroatoms. The molecule has 33 heavy (non-hydrogen) atoms. The van der Waals surface area contributed by atoms with E-state index in [9.17, 15) is 13.5 Å². The molecule has 1 heterocycles. The second kappa shape index (κ2) is 8.75. The SMILES string of the molecule is O=S(=O)(c1cccc2ccccc12)N1CCC(C(O)(c2ccccc2)c2ccccc2)CC1. The summed E-state index contributed by atoms with van der Waals surface area (Å²) in [6.45, 7) is 0.746. The molecule has 0 bridgehead atoms. The van der Waals surface area contributed by atoms with Crippen LogP contribution in [-0.4, -0.2) is 30.9 Å². The number of sulfonamides is 1. The molecular formula is C28H27NO3S. The van der Waals surface area contributed by atoms with Crippen molar-refractivity contribution >= 4 is 20.8 Å². The number of nitrogens with zero attached hydrogens (tertiary/aromatic N) is 1. The molecule has 4 nitrogen and oxygen atoms in total. The van der Waals surface area contributed by atoms with Gasteiger partial charge in [0.05, 0.1) is 4.90 Å². The summed E-state index contributed by atoms with van der Waals surface area (Å²) < 4.78 is 28.7. The highest BCUT2D eigenvalue weighted by Crippen LogP contribution is 2.42. The van der Waals surface area contributed by atoms with Crippen molar-refractivity contribution in [1.82, 2.24) is 4.31 Å². The third-order valence-electron chi connectivity index (χ3n) is 6.84. The molecule has 4 aromatic rings. The molecule has 5 rings (SSSR count). The van der Waals surface area contributed by atoms with E-state index in [-0.39, 0.29) is 5.92 Å². The summed E-state index contributed by atoms with van der Waals surface area (Å²) in [6.07, 6.45) is 1.15. The van der Waals surface area contributed by atoms with E-state index in [1.807, 2.05) is 91.0 Å². The summed E-state index contributed by atoms with van der Waals surface area (Å²) >= 11 is 0. The zero-order valence-electron chi connectivity index (χ0n) is 18.3. The number of benzene rings is 4. The van der Waals surface area contributed by atoms with Crippen molar-refractivity contribution in [3.63, 3.8) is 0 Å². The van der Waals surface area contributed by atoms with Crippen molar-refractivity contribution in [3.05, 3.63) is 114 Å². The molecule has 0 atom stereocenters. The fraction of sp³-hybridized carbons (Fsp3) is 0.214. The number of hydrogen-bond donors (Lipinski definition) is 1. The lowest BCUT2D eigenvalue weighted by Gasteiger charge is -2.42. The van der Waals surface area contributed by atoms with Gasteiger partial charge >= 0.3 is 0 Å². The lowest BCUT2D eigenvalue weighted by molar-refractivity contribution is -0.00530. The van der Waals surface area contributed by atoms with Crippen molar-refractivity contribution in [2.75, 3.05) is 13.1 Å². The molecule has 0 aliphatic carbocycles. The first-order valence-corrected chi connectivity index (χ1v) is 12.8. The van der Waals surface area contributed by atoms with Crippen LogP contribution < -0.4 is 0 Å². The molecule has 0 unspecified atom stereocenters. The van der Waals surface area contributed by atoms with Crippen molar-refractivity contribution in [2.24, 2.45) is 5.92 Å². The number of aliphatic hydroxyl groups is 1. The zero-order chi connectivity index (χ0) is 22.9. The molecule has 1 aliphatic rings. The van der Waals surface area contributed by atoms with Gasteiger partial charge in [0.2, 0.25) is 10.0 Å². The molecule has 1 saturated heterocycles. The number of hydrogen-bond acceptors (Lipinski definition) is 3. The quantitative estimate of drug-likeness (QED) is 0.449. The Morgan fingerprint density at radius 1 is 0.697 bits per heavy atom. The Balaban J connectivity index is 1.45. The smallest absolute Gasteiger partial charge is 0.243 e. The Morgan fingerprint density at radius 2 is 1.21 bits per heavy atom. The van der Waals surface area contributed by atoms with Crippen molar-refractivity contribution in [1.29, 1.82) is 0 Å². The van der Waals surface area contributed by atoms with E-state index in [1.165, 1.54) is 0 Å². The maximum absolute atomic E-state index is 13.6. The summed E-state index contributed by atoms with van der Waals surface area (Å²) in [4.78, 5) is 0.348. The Morgan fingerprint density at radius 3 is 1.82 bits per heavy atom. The van der Waals surface area contributed by atoms with E-state index < -0.39 is 15.6 Å². The summed E-state index contributed by atoms with van der Waals surface area (Å²) in [5.41, 5.74) is 0.510. The Hall–Kier alpha value is -2.99. The van der Waals surface area contributed by atoms with E-state index in [0.29, 0.717) is 30.8 Å². The van der Waals surface area contributed by atoms with E-state index in [0.717, 1.165) is 21.9 Å². The first-order valence-electron chi connectivity index (χ1n) is 11.3. The van der Waals surface area contributed by atoms with Gasteiger partial charge in [-0.15, -0.1) is 0 Å². The molecule has 1 N–H and O–H groups in total. The number of rotatable bonds is 5. The summed E-state index contributed by atoms with van der Waals surface area (Å²) in [5.74, 6) is -0.0960. The van der Waals surface area contributed by atoms with Crippen LogP contribution >= 0.6 is 0 Å². The van der Waals surface area contributed by atoms with Crippen LogP contribution in [0.1, 0.15) is 24.0 Å². The molecular weight excluding hydrogens is 430 g/mol. The minimum absolute atomic E-state index is 0.0960. The van der Waals surface area contributed by atoms with Gasteiger partial charge in [-0.25, -0.2) is 8.42 Å². The first kappa shape index (κ1) is 21.8. The minimum atomic E-state index is -3.64. The second-order valence-electron chi connectivity index (χ2n) is 8.65. The van der Waals surface area contributed by atoms with Crippen LogP contribution in [0.25, 0.3) is 10.8 Å². The van der Waals surface area contributed by atoms with Gasteiger partial charge in [-0.2, -0.15) is 4.31 Å². The summed E-state index contributed by atoms with van der Waals surface area (Å²) in [6, 6.07) is 32.4. The van der Waals surface area contributed by atoms with Crippen LogP contribution in [-0.2, 0) is 15.6 Å². The van der Waals surface area contributed by atoms with Crippen LogP contribution in [0.2, 0.25) is 0 Å². The minimum Gasteiger partial charge on any atom is -0.380 e. The van der Waals surface area contributed by atoms with Gasteiger partial charge in [0.15, 0.2) is 0 Å². The maximum atomic E-state index is 13.6. The molecule has 0 spiro atoms. The van der Waals surface area contributed by atoms with Gasteiger partial charge in [-0.05, 0) is 41.3 Å². The predicted molar refractivity (Wildman–Crippen MR) is 131 cm³/mol. The Labute approximate surface area is 195 Å². The van der Waals surface area contributed by atoms with Gasteiger partial charge in [0, 0.05) is 18.5 Å². The third kappa shape index (κ3) is 3.86. The fourth-order valence-electron chi connectivity index (χ4n) is 5.10. The lowest BCUT2D eigenvalue weighted by atomic mass is 9.72. The molecule has 0 amide bonds. The monoisotopic (exact) mass is 457 g/mol. The van der Waals surface area contributed by atoms with Crippen molar-refractivity contribution in [3.8, 4) is 0 Å². The molecule has 0 saturated carbocycles. The van der Waals surface area contributed by atoms with Gasteiger partial charge < -0.3 is 5.11 Å². The third-order valence-corrected chi connectivity index (χ3v) is 8.80. The largest absolute Gasteiger partial charge is 0.380 e. The van der Waals surface area contributed by atoms with Crippen molar-refractivity contribution in [2.45, 2.75) is 23.3 Å². The van der Waals surface area contributed by atoms with Gasteiger partial charge in [-0.1, -0.05) is 97.1 Å². The highest BCUT2D eigenvalue weighted by Gasteiger charge is 2.43. The first-order chi connectivity index (χ1) is 16.0. The highest BCUT2D eigenvalue weighted by molar-refractivity contribution is 7.89. The molecule has 1 aliphatic heterocycles. The fourth-order valence-corrected chi connectivity index (χ4v) is 6.78. The van der Waals surface area contributed by atoms with Gasteiger partial charge in [-0.3, -0.25) is 0 Å². The Bertz CT molecular complexity index is 1300. The normalized spacial score (nSPS) is 16.2. The number of piperidine rings is 1. The second-order valence-corrected chi connectivity index (χ2v) is 10.6. The van der Waals surface area contributed by atoms with Crippen LogP contribution in [0.3, 0.4) is 0 Å². The van der Waals surface area contributed by atoms with Gasteiger partial charge in [0.1, 0.15) is 5.60 Å². The van der Waals surface area contributed by atoms with Crippen molar-refractivity contribution < 1.29 is 13.5 Å². The molecule has 0 radical (unpaired) electrons. The topological polar surface area (TPSA) is 57.6 Å². The molecule has 1 fully saturated rings. The maximum Gasteiger partial charge on any atom is 0.243 e.